The molecule has 2 aromatic rings. The van der Waals surface area contributed by atoms with Crippen molar-refractivity contribution in [2.24, 2.45) is 0 Å². The molecule has 0 radical (unpaired) electrons. The number of carbonyl (C=O) groups is 3. The number of esters is 1. The Labute approximate surface area is 162 Å². The lowest BCUT2D eigenvalue weighted by Crippen LogP contribution is -2.26. The van der Waals surface area contributed by atoms with Gasteiger partial charge in [-0.25, -0.2) is 9.97 Å². The summed E-state index contributed by atoms with van der Waals surface area (Å²) >= 11 is 1.16. The fraction of sp³-hybridized carbons (Fsp3) is 0.421. The number of hydrogen-bond acceptors (Lipinski definition) is 7. The number of thioether (sulfide) groups is 1. The van der Waals surface area contributed by atoms with E-state index in [4.69, 9.17) is 4.74 Å². The number of nitrogens with one attached hydrogen (secondary N) is 1. The molecule has 0 saturated carbocycles. The van der Waals surface area contributed by atoms with Crippen molar-refractivity contribution in [3.05, 3.63) is 40.0 Å². The Morgan fingerprint density at radius 1 is 1.15 bits per heavy atom. The number of carbonyl (C=O) groups excluding carboxylic acids is 3. The number of aromatic nitrogens is 3. The summed E-state index contributed by atoms with van der Waals surface area (Å²) in [5.74, 6) is -1.02. The molecule has 1 N–H and O–H groups in total. The maximum Gasteiger partial charge on any atom is 0.317 e. The average Bonchev–Trinajstić information content (AvgIpc) is 2.85. The van der Waals surface area contributed by atoms with E-state index in [-0.39, 0.29) is 17.3 Å². The fourth-order valence-corrected chi connectivity index (χ4v) is 3.63. The molecule has 0 spiro atoms. The molecule has 0 aliphatic carbocycles. The van der Waals surface area contributed by atoms with Crippen molar-refractivity contribution < 1.29 is 19.1 Å². The first-order valence-electron chi connectivity index (χ1n) is 8.49. The summed E-state index contributed by atoms with van der Waals surface area (Å²) in [7, 11) is 0. The van der Waals surface area contributed by atoms with Crippen LogP contribution in [0.4, 0.5) is 0 Å². The third-order valence-corrected chi connectivity index (χ3v) is 4.82. The van der Waals surface area contributed by atoms with Crippen LogP contribution in [0, 0.1) is 27.7 Å². The summed E-state index contributed by atoms with van der Waals surface area (Å²) < 4.78 is 5.24. The van der Waals surface area contributed by atoms with Gasteiger partial charge in [0.25, 0.3) is 0 Å². The summed E-state index contributed by atoms with van der Waals surface area (Å²) in [6.07, 6.45) is -0.963. The number of ether oxygens (including phenoxy) is 1. The lowest BCUT2D eigenvalue weighted by molar-refractivity contribution is -0.143. The quantitative estimate of drug-likeness (QED) is 0.336. The monoisotopic (exact) mass is 389 g/mol. The first-order chi connectivity index (χ1) is 12.6. The second-order valence-corrected chi connectivity index (χ2v) is 7.34. The largest absolute Gasteiger partial charge is 0.454 e. The van der Waals surface area contributed by atoms with Gasteiger partial charge in [0.1, 0.15) is 0 Å². The smallest absolute Gasteiger partial charge is 0.317 e. The molecule has 144 valence electrons. The Morgan fingerprint density at radius 2 is 1.74 bits per heavy atom. The Hall–Kier alpha value is -2.48. The molecular weight excluding hydrogens is 366 g/mol. The molecule has 0 aliphatic heterocycles. The number of Topliss-reactive ketones (excluding diaryl/α,β-unsaturated/α-hetero) is 2. The van der Waals surface area contributed by atoms with Gasteiger partial charge in [-0.3, -0.25) is 14.4 Å². The zero-order valence-corrected chi connectivity index (χ0v) is 17.1. The van der Waals surface area contributed by atoms with Crippen molar-refractivity contribution in [2.75, 3.05) is 5.75 Å². The van der Waals surface area contributed by atoms with Crippen LogP contribution in [-0.2, 0) is 9.53 Å². The highest BCUT2D eigenvalue weighted by atomic mass is 32.2. The SMILES string of the molecule is CC(=O)c1c(C)[nH]c(C(=O)C(C)OC(=O)CSc2nc(C)cc(C)n2)c1C. The van der Waals surface area contributed by atoms with Crippen LogP contribution < -0.4 is 0 Å². The number of ketones is 2. The van der Waals surface area contributed by atoms with Crippen LogP contribution in [0.15, 0.2) is 11.2 Å². The molecule has 2 rings (SSSR count). The Kier molecular flexibility index (Phi) is 6.54. The van der Waals surface area contributed by atoms with E-state index in [1.807, 2.05) is 19.9 Å². The maximum absolute atomic E-state index is 12.6. The van der Waals surface area contributed by atoms with Gasteiger partial charge in [0, 0.05) is 22.6 Å². The molecular formula is C19H23N3O4S. The summed E-state index contributed by atoms with van der Waals surface area (Å²) in [5.41, 5.74) is 3.64. The minimum absolute atomic E-state index is 0.00193. The van der Waals surface area contributed by atoms with Gasteiger partial charge in [-0.05, 0) is 53.2 Å². The second kappa shape index (κ2) is 8.47. The van der Waals surface area contributed by atoms with Crippen LogP contribution >= 0.6 is 11.8 Å². The van der Waals surface area contributed by atoms with Gasteiger partial charge < -0.3 is 9.72 Å². The van der Waals surface area contributed by atoms with Gasteiger partial charge in [-0.1, -0.05) is 11.8 Å². The molecule has 1 atom stereocenters. The normalized spacial score (nSPS) is 11.9. The fourth-order valence-electron chi connectivity index (χ4n) is 2.89. The molecule has 8 heteroatoms. The molecule has 0 aromatic carbocycles. The molecule has 1 unspecified atom stereocenters. The van der Waals surface area contributed by atoms with E-state index in [1.165, 1.54) is 13.8 Å². The molecule has 27 heavy (non-hydrogen) atoms. The minimum atomic E-state index is -0.963. The van der Waals surface area contributed by atoms with Crippen molar-refractivity contribution in [1.29, 1.82) is 0 Å². The van der Waals surface area contributed by atoms with Crippen LogP contribution in [0.2, 0.25) is 0 Å². The highest BCUT2D eigenvalue weighted by molar-refractivity contribution is 7.99. The molecule has 0 amide bonds. The number of aryl methyl sites for hydroxylation is 3. The predicted octanol–water partition coefficient (Wildman–Crippen LogP) is 3.15. The lowest BCUT2D eigenvalue weighted by atomic mass is 10.0. The molecule has 7 nitrogen and oxygen atoms in total. The minimum Gasteiger partial charge on any atom is -0.454 e. The summed E-state index contributed by atoms with van der Waals surface area (Å²) in [6.45, 7) is 10.1. The molecule has 2 heterocycles. The highest BCUT2D eigenvalue weighted by Crippen LogP contribution is 2.21. The van der Waals surface area contributed by atoms with E-state index >= 15 is 0 Å². The topological polar surface area (TPSA) is 102 Å². The maximum atomic E-state index is 12.6. The standard InChI is InChI=1S/C19H23N3O4S/c1-9-7-10(2)21-19(20-9)27-8-15(24)26-14(6)18(25)17-11(3)16(13(5)23)12(4)22-17/h7,14,22H,8H2,1-6H3. The van der Waals surface area contributed by atoms with Crippen molar-refractivity contribution in [1.82, 2.24) is 15.0 Å². The Bertz CT molecular complexity index is 884. The molecule has 0 fully saturated rings. The zero-order valence-electron chi connectivity index (χ0n) is 16.3. The van der Waals surface area contributed by atoms with Gasteiger partial charge in [-0.15, -0.1) is 0 Å². The molecule has 0 aliphatic rings. The highest BCUT2D eigenvalue weighted by Gasteiger charge is 2.26. The summed E-state index contributed by atoms with van der Waals surface area (Å²) in [5, 5.41) is 0.491. The predicted molar refractivity (Wildman–Crippen MR) is 102 cm³/mol. The van der Waals surface area contributed by atoms with E-state index in [1.54, 1.807) is 13.8 Å². The van der Waals surface area contributed by atoms with Gasteiger partial charge >= 0.3 is 5.97 Å². The van der Waals surface area contributed by atoms with E-state index in [0.717, 1.165) is 23.1 Å². The number of nitrogens with zero attached hydrogens (tertiary/aromatic N) is 2. The van der Waals surface area contributed by atoms with Gasteiger partial charge in [0.05, 0.1) is 11.4 Å². The molecule has 0 bridgehead atoms. The zero-order chi connectivity index (χ0) is 20.3. The van der Waals surface area contributed by atoms with Crippen molar-refractivity contribution >= 4 is 29.3 Å². The second-order valence-electron chi connectivity index (χ2n) is 6.40. The third kappa shape index (κ3) is 5.03. The van der Waals surface area contributed by atoms with E-state index < -0.39 is 12.1 Å². The first kappa shape index (κ1) is 20.8. The number of hydrogen-bond donors (Lipinski definition) is 1. The van der Waals surface area contributed by atoms with Gasteiger partial charge in [0.2, 0.25) is 5.78 Å². The van der Waals surface area contributed by atoms with Crippen molar-refractivity contribution in [3.63, 3.8) is 0 Å². The number of rotatable bonds is 7. The Balaban J connectivity index is 2.00. The third-order valence-electron chi connectivity index (χ3n) is 3.99. The van der Waals surface area contributed by atoms with E-state index in [0.29, 0.717) is 27.7 Å². The van der Waals surface area contributed by atoms with Crippen LogP contribution in [0.25, 0.3) is 0 Å². The van der Waals surface area contributed by atoms with E-state index in [2.05, 4.69) is 15.0 Å². The summed E-state index contributed by atoms with van der Waals surface area (Å²) in [4.78, 5) is 47.8. The lowest BCUT2D eigenvalue weighted by Gasteiger charge is -2.12. The number of aromatic amines is 1. The van der Waals surface area contributed by atoms with Gasteiger partial charge in [0.15, 0.2) is 17.0 Å². The van der Waals surface area contributed by atoms with Crippen LogP contribution in [-0.4, -0.2) is 44.3 Å². The van der Waals surface area contributed by atoms with Crippen molar-refractivity contribution in [3.8, 4) is 0 Å². The summed E-state index contributed by atoms with van der Waals surface area (Å²) in [6, 6.07) is 1.85. The average molecular weight is 389 g/mol. The van der Waals surface area contributed by atoms with Crippen LogP contribution in [0.1, 0.15) is 57.3 Å². The Morgan fingerprint density at radius 3 is 2.26 bits per heavy atom. The van der Waals surface area contributed by atoms with Crippen molar-refractivity contribution in [2.45, 2.75) is 52.8 Å². The van der Waals surface area contributed by atoms with Crippen LogP contribution in [0.5, 0.6) is 0 Å². The molecule has 2 aromatic heterocycles. The number of H-pyrrole nitrogens is 1. The van der Waals surface area contributed by atoms with E-state index in [9.17, 15) is 14.4 Å². The first-order valence-corrected chi connectivity index (χ1v) is 9.47. The molecule has 0 saturated heterocycles. The van der Waals surface area contributed by atoms with Gasteiger partial charge in [-0.2, -0.15) is 0 Å². The van der Waals surface area contributed by atoms with Crippen LogP contribution in [0.3, 0.4) is 0 Å².